The number of aryl methyl sites for hydroxylation is 2. The van der Waals surface area contributed by atoms with Crippen LogP contribution in [-0.4, -0.2) is 4.86 Å². The quantitative estimate of drug-likeness (QED) is 0.402. The summed E-state index contributed by atoms with van der Waals surface area (Å²) >= 11 is 5.25. The van der Waals surface area contributed by atoms with Crippen LogP contribution in [0.2, 0.25) is 0 Å². The highest BCUT2D eigenvalue weighted by Crippen LogP contribution is 2.35. The van der Waals surface area contributed by atoms with Crippen LogP contribution in [0.1, 0.15) is 37.5 Å². The molecule has 1 nitrogen and oxygen atoms in total. The van der Waals surface area contributed by atoms with Crippen LogP contribution in [0.25, 0.3) is 0 Å². The molecule has 138 valence electrons. The van der Waals surface area contributed by atoms with Crippen molar-refractivity contribution in [1.29, 1.82) is 0 Å². The summed E-state index contributed by atoms with van der Waals surface area (Å²) < 4.78 is 0. The molecule has 0 unspecified atom stereocenters. The Balaban J connectivity index is 2.01. The number of anilines is 3. The van der Waals surface area contributed by atoms with Gasteiger partial charge in [0.25, 0.3) is 0 Å². The van der Waals surface area contributed by atoms with Crippen molar-refractivity contribution >= 4 is 34.1 Å². The van der Waals surface area contributed by atoms with E-state index in [0.717, 1.165) is 29.8 Å². The number of thiocarbonyl (C=S) groups is 1. The molecule has 0 aliphatic rings. The summed E-state index contributed by atoms with van der Waals surface area (Å²) in [7, 11) is 0. The first-order valence-corrected chi connectivity index (χ1v) is 10.1. The van der Waals surface area contributed by atoms with Crippen LogP contribution in [0.3, 0.4) is 0 Å². The molecule has 0 radical (unpaired) electrons. The second-order valence-corrected chi connectivity index (χ2v) is 7.62. The molecular weight excluding hydrogens is 346 g/mol. The standard InChI is InChI=1S/C25H27NS/c1-4-20-6-12-23(13-7-20)26(24-14-8-21(5-2)9-15-24)25-16-10-22(11-17-25)18-19(3)27/h6-17H,4-5,18H2,1-3H3. The molecule has 0 amide bonds. The molecule has 0 heterocycles. The van der Waals surface area contributed by atoms with Gasteiger partial charge in [0, 0.05) is 23.5 Å². The van der Waals surface area contributed by atoms with Gasteiger partial charge in [-0.25, -0.2) is 0 Å². The van der Waals surface area contributed by atoms with E-state index in [4.69, 9.17) is 12.2 Å². The summed E-state index contributed by atoms with van der Waals surface area (Å²) in [6.07, 6.45) is 2.96. The van der Waals surface area contributed by atoms with Gasteiger partial charge in [0.1, 0.15) is 0 Å². The van der Waals surface area contributed by atoms with Crippen molar-refractivity contribution in [2.75, 3.05) is 4.90 Å². The number of hydrogen-bond acceptors (Lipinski definition) is 2. The highest BCUT2D eigenvalue weighted by atomic mass is 32.1. The van der Waals surface area contributed by atoms with E-state index in [-0.39, 0.29) is 0 Å². The maximum absolute atomic E-state index is 5.25. The fraction of sp³-hybridized carbons (Fsp3) is 0.240. The van der Waals surface area contributed by atoms with E-state index in [1.807, 2.05) is 6.92 Å². The summed E-state index contributed by atoms with van der Waals surface area (Å²) in [6.45, 7) is 6.38. The molecule has 0 fully saturated rings. The molecule has 0 aliphatic heterocycles. The average Bonchev–Trinajstić information content (AvgIpc) is 2.70. The Labute approximate surface area is 168 Å². The molecule has 0 atom stereocenters. The SMILES string of the molecule is CCc1ccc(N(c2ccc(CC)cc2)c2ccc(CC(C)=S)cc2)cc1. The zero-order valence-electron chi connectivity index (χ0n) is 16.4. The van der Waals surface area contributed by atoms with E-state index >= 15 is 0 Å². The van der Waals surface area contributed by atoms with Gasteiger partial charge >= 0.3 is 0 Å². The zero-order chi connectivity index (χ0) is 19.2. The van der Waals surface area contributed by atoms with Crippen molar-refractivity contribution in [3.05, 3.63) is 89.5 Å². The molecular formula is C25H27NS. The van der Waals surface area contributed by atoms with Gasteiger partial charge in [0.2, 0.25) is 0 Å². The van der Waals surface area contributed by atoms with Gasteiger partial charge in [-0.1, -0.05) is 62.5 Å². The lowest BCUT2D eigenvalue weighted by Gasteiger charge is -2.26. The largest absolute Gasteiger partial charge is 0.311 e. The lowest BCUT2D eigenvalue weighted by molar-refractivity contribution is 1.13. The van der Waals surface area contributed by atoms with Crippen LogP contribution in [0.15, 0.2) is 72.8 Å². The van der Waals surface area contributed by atoms with Gasteiger partial charge in [-0.05, 0) is 77.7 Å². The van der Waals surface area contributed by atoms with E-state index in [1.165, 1.54) is 28.1 Å². The first kappa shape index (κ1) is 19.3. The van der Waals surface area contributed by atoms with Crippen LogP contribution < -0.4 is 4.90 Å². The normalized spacial score (nSPS) is 10.6. The summed E-state index contributed by atoms with van der Waals surface area (Å²) in [5, 5.41) is 0. The van der Waals surface area contributed by atoms with Gasteiger partial charge in [-0.2, -0.15) is 0 Å². The lowest BCUT2D eigenvalue weighted by atomic mass is 10.1. The van der Waals surface area contributed by atoms with Gasteiger partial charge in [-0.3, -0.25) is 0 Å². The van der Waals surface area contributed by atoms with E-state index in [9.17, 15) is 0 Å². The minimum atomic E-state index is 0.853. The molecule has 0 bridgehead atoms. The monoisotopic (exact) mass is 373 g/mol. The number of benzene rings is 3. The van der Waals surface area contributed by atoms with Crippen LogP contribution in [0, 0.1) is 0 Å². The number of hydrogen-bond donors (Lipinski definition) is 0. The summed E-state index contributed by atoms with van der Waals surface area (Å²) in [4.78, 5) is 3.33. The Morgan fingerprint density at radius 2 is 0.963 bits per heavy atom. The van der Waals surface area contributed by atoms with Gasteiger partial charge in [0.15, 0.2) is 0 Å². The smallest absolute Gasteiger partial charge is 0.0461 e. The predicted molar refractivity (Wildman–Crippen MR) is 122 cm³/mol. The molecule has 0 aromatic heterocycles. The van der Waals surface area contributed by atoms with Gasteiger partial charge < -0.3 is 4.90 Å². The van der Waals surface area contributed by atoms with Crippen LogP contribution in [0.4, 0.5) is 17.1 Å². The van der Waals surface area contributed by atoms with Gasteiger partial charge in [0.05, 0.1) is 0 Å². The molecule has 27 heavy (non-hydrogen) atoms. The third-order valence-corrected chi connectivity index (χ3v) is 5.00. The topological polar surface area (TPSA) is 3.24 Å². The van der Waals surface area contributed by atoms with E-state index in [1.54, 1.807) is 0 Å². The van der Waals surface area contributed by atoms with E-state index in [0.29, 0.717) is 0 Å². The van der Waals surface area contributed by atoms with Crippen LogP contribution in [-0.2, 0) is 19.3 Å². The fourth-order valence-corrected chi connectivity index (χ4v) is 3.43. The Morgan fingerprint density at radius 1 is 0.630 bits per heavy atom. The molecule has 0 N–H and O–H groups in total. The van der Waals surface area contributed by atoms with E-state index < -0.39 is 0 Å². The van der Waals surface area contributed by atoms with Crippen molar-refractivity contribution < 1.29 is 0 Å². The molecule has 3 aromatic carbocycles. The number of rotatable bonds is 7. The average molecular weight is 374 g/mol. The molecule has 2 heteroatoms. The zero-order valence-corrected chi connectivity index (χ0v) is 17.2. The van der Waals surface area contributed by atoms with Crippen LogP contribution >= 0.6 is 12.2 Å². The third kappa shape index (κ3) is 4.84. The number of nitrogens with zero attached hydrogens (tertiary/aromatic N) is 1. The summed E-state index contributed by atoms with van der Waals surface area (Å²) in [5.74, 6) is 0. The second-order valence-electron chi connectivity index (χ2n) is 6.92. The predicted octanol–water partition coefficient (Wildman–Crippen LogP) is 7.21. The van der Waals surface area contributed by atoms with Crippen molar-refractivity contribution in [1.82, 2.24) is 0 Å². The minimum absolute atomic E-state index is 0.853. The highest BCUT2D eigenvalue weighted by Gasteiger charge is 2.12. The third-order valence-electron chi connectivity index (χ3n) is 4.85. The van der Waals surface area contributed by atoms with Crippen molar-refractivity contribution in [2.24, 2.45) is 0 Å². The summed E-state index contributed by atoms with van der Waals surface area (Å²) in [6, 6.07) is 26.4. The fourth-order valence-electron chi connectivity index (χ4n) is 3.26. The minimum Gasteiger partial charge on any atom is -0.311 e. The molecule has 3 aromatic rings. The Kier molecular flexibility index (Phi) is 6.41. The van der Waals surface area contributed by atoms with Crippen molar-refractivity contribution in [2.45, 2.75) is 40.0 Å². The molecule has 0 spiro atoms. The second kappa shape index (κ2) is 8.96. The Morgan fingerprint density at radius 3 is 1.26 bits per heavy atom. The lowest BCUT2D eigenvalue weighted by Crippen LogP contribution is -2.10. The van der Waals surface area contributed by atoms with Gasteiger partial charge in [-0.15, -0.1) is 0 Å². The Bertz CT molecular complexity index is 830. The maximum Gasteiger partial charge on any atom is 0.0461 e. The first-order valence-electron chi connectivity index (χ1n) is 9.67. The summed E-state index contributed by atoms with van der Waals surface area (Å²) in [5.41, 5.74) is 7.48. The van der Waals surface area contributed by atoms with Crippen LogP contribution in [0.5, 0.6) is 0 Å². The molecule has 0 saturated carbocycles. The highest BCUT2D eigenvalue weighted by molar-refractivity contribution is 7.80. The van der Waals surface area contributed by atoms with Crippen molar-refractivity contribution in [3.8, 4) is 0 Å². The molecule has 0 aliphatic carbocycles. The van der Waals surface area contributed by atoms with E-state index in [2.05, 4.69) is 91.5 Å². The Hall–Kier alpha value is -2.45. The van der Waals surface area contributed by atoms with Crippen molar-refractivity contribution in [3.63, 3.8) is 0 Å². The first-order chi connectivity index (χ1) is 13.1. The maximum atomic E-state index is 5.25. The molecule has 3 rings (SSSR count). The molecule has 0 saturated heterocycles.